The molecular formula is C22H26N4O. The molecule has 0 atom stereocenters. The first kappa shape index (κ1) is 17.7. The molecule has 1 saturated heterocycles. The number of benzene rings is 1. The first-order chi connectivity index (χ1) is 13.1. The van der Waals surface area contributed by atoms with Crippen molar-refractivity contribution in [2.45, 2.75) is 26.8 Å². The molecule has 0 bridgehead atoms. The van der Waals surface area contributed by atoms with Gasteiger partial charge in [0.25, 0.3) is 0 Å². The normalized spacial score (nSPS) is 15.4. The zero-order chi connectivity index (χ0) is 18.8. The standard InChI is InChI=1S/C22H26N4O/c1-17-7-6-10-26-20(18(2)23-22(17)26)15-21(27)25-13-11-24(12-14-25)16-19-8-4-3-5-9-19/h3-10H,11-16H2,1-2H3. The van der Waals surface area contributed by atoms with E-state index in [9.17, 15) is 4.79 Å². The van der Waals surface area contributed by atoms with Crippen LogP contribution in [-0.2, 0) is 17.8 Å². The minimum absolute atomic E-state index is 0.195. The number of amides is 1. The largest absolute Gasteiger partial charge is 0.340 e. The van der Waals surface area contributed by atoms with Crippen LogP contribution in [0.25, 0.3) is 5.65 Å². The van der Waals surface area contributed by atoms with E-state index in [0.717, 1.165) is 55.3 Å². The zero-order valence-corrected chi connectivity index (χ0v) is 16.1. The summed E-state index contributed by atoms with van der Waals surface area (Å²) in [6, 6.07) is 14.6. The summed E-state index contributed by atoms with van der Waals surface area (Å²) in [4.78, 5) is 21.9. The second kappa shape index (κ2) is 7.53. The van der Waals surface area contributed by atoms with Gasteiger partial charge in [0.05, 0.1) is 17.8 Å². The lowest BCUT2D eigenvalue weighted by Crippen LogP contribution is -2.48. The molecule has 0 aliphatic carbocycles. The number of carbonyl (C=O) groups excluding carboxylic acids is 1. The molecule has 27 heavy (non-hydrogen) atoms. The van der Waals surface area contributed by atoms with Crippen LogP contribution in [0.2, 0.25) is 0 Å². The van der Waals surface area contributed by atoms with E-state index in [1.165, 1.54) is 5.56 Å². The minimum atomic E-state index is 0.195. The Balaban J connectivity index is 1.39. The van der Waals surface area contributed by atoms with Gasteiger partial charge in [0.15, 0.2) is 0 Å². The monoisotopic (exact) mass is 362 g/mol. The van der Waals surface area contributed by atoms with Gasteiger partial charge < -0.3 is 9.30 Å². The molecule has 1 amide bonds. The summed E-state index contributed by atoms with van der Waals surface area (Å²) in [6.45, 7) is 8.43. The van der Waals surface area contributed by atoms with Crippen LogP contribution in [0.3, 0.4) is 0 Å². The Labute approximate surface area is 160 Å². The van der Waals surface area contributed by atoms with Gasteiger partial charge in [0.1, 0.15) is 5.65 Å². The van der Waals surface area contributed by atoms with E-state index in [-0.39, 0.29) is 5.91 Å². The molecule has 0 radical (unpaired) electrons. The second-order valence-electron chi connectivity index (χ2n) is 7.35. The molecule has 140 valence electrons. The molecule has 0 saturated carbocycles. The summed E-state index contributed by atoms with van der Waals surface area (Å²) in [7, 11) is 0. The number of aromatic nitrogens is 2. The molecule has 4 rings (SSSR count). The van der Waals surface area contributed by atoms with E-state index in [2.05, 4.69) is 51.5 Å². The number of aryl methyl sites for hydroxylation is 2. The minimum Gasteiger partial charge on any atom is -0.340 e. The van der Waals surface area contributed by atoms with Crippen LogP contribution < -0.4 is 0 Å². The molecule has 3 aromatic rings. The number of imidazole rings is 1. The molecule has 5 nitrogen and oxygen atoms in total. The van der Waals surface area contributed by atoms with Crippen molar-refractivity contribution in [2.75, 3.05) is 26.2 Å². The summed E-state index contributed by atoms with van der Waals surface area (Å²) < 4.78 is 2.06. The number of carbonyl (C=O) groups is 1. The van der Waals surface area contributed by atoms with Crippen LogP contribution in [0.1, 0.15) is 22.5 Å². The number of piperazine rings is 1. The van der Waals surface area contributed by atoms with Crippen LogP contribution in [0, 0.1) is 13.8 Å². The molecule has 1 fully saturated rings. The van der Waals surface area contributed by atoms with Crippen LogP contribution in [0.5, 0.6) is 0 Å². The van der Waals surface area contributed by atoms with Gasteiger partial charge in [-0.05, 0) is 31.0 Å². The second-order valence-corrected chi connectivity index (χ2v) is 7.35. The number of hydrogen-bond acceptors (Lipinski definition) is 3. The molecular weight excluding hydrogens is 336 g/mol. The van der Waals surface area contributed by atoms with Crippen molar-refractivity contribution in [3.05, 3.63) is 71.2 Å². The summed E-state index contributed by atoms with van der Waals surface area (Å²) in [5, 5.41) is 0. The van der Waals surface area contributed by atoms with Crippen LogP contribution in [0.15, 0.2) is 48.7 Å². The third-order valence-corrected chi connectivity index (χ3v) is 5.44. The van der Waals surface area contributed by atoms with Gasteiger partial charge in [-0.15, -0.1) is 0 Å². The summed E-state index contributed by atoms with van der Waals surface area (Å²) in [5.41, 5.74) is 5.36. The van der Waals surface area contributed by atoms with Crippen LogP contribution in [0.4, 0.5) is 0 Å². The molecule has 1 aromatic carbocycles. The van der Waals surface area contributed by atoms with Crippen molar-refractivity contribution < 1.29 is 4.79 Å². The molecule has 0 N–H and O–H groups in total. The van der Waals surface area contributed by atoms with Crippen molar-refractivity contribution in [2.24, 2.45) is 0 Å². The van der Waals surface area contributed by atoms with Crippen molar-refractivity contribution in [1.82, 2.24) is 19.2 Å². The van der Waals surface area contributed by atoms with Gasteiger partial charge in [-0.25, -0.2) is 4.98 Å². The summed E-state index contributed by atoms with van der Waals surface area (Å²) in [5.74, 6) is 0.195. The van der Waals surface area contributed by atoms with Gasteiger partial charge in [-0.1, -0.05) is 36.4 Å². The lowest BCUT2D eigenvalue weighted by atomic mass is 10.2. The van der Waals surface area contributed by atoms with Gasteiger partial charge in [0.2, 0.25) is 5.91 Å². The Morgan fingerprint density at radius 1 is 1.00 bits per heavy atom. The molecule has 1 aliphatic heterocycles. The molecule has 2 aromatic heterocycles. The average Bonchev–Trinajstić information content (AvgIpc) is 3.00. The molecule has 0 spiro atoms. The Morgan fingerprint density at radius 3 is 2.48 bits per heavy atom. The lowest BCUT2D eigenvalue weighted by Gasteiger charge is -2.34. The fraction of sp³-hybridized carbons (Fsp3) is 0.364. The maximum absolute atomic E-state index is 12.9. The SMILES string of the molecule is Cc1nc2c(C)cccn2c1CC(=O)N1CCN(Cc2ccccc2)CC1. The molecule has 5 heteroatoms. The number of pyridine rings is 1. The Hall–Kier alpha value is -2.66. The van der Waals surface area contributed by atoms with Crippen molar-refractivity contribution >= 4 is 11.6 Å². The third-order valence-electron chi connectivity index (χ3n) is 5.44. The number of hydrogen-bond donors (Lipinski definition) is 0. The highest BCUT2D eigenvalue weighted by atomic mass is 16.2. The first-order valence-corrected chi connectivity index (χ1v) is 9.59. The van der Waals surface area contributed by atoms with E-state index in [1.54, 1.807) is 0 Å². The number of rotatable bonds is 4. The van der Waals surface area contributed by atoms with Crippen molar-refractivity contribution in [1.29, 1.82) is 0 Å². The predicted molar refractivity (Wildman–Crippen MR) is 107 cm³/mol. The summed E-state index contributed by atoms with van der Waals surface area (Å²) >= 11 is 0. The smallest absolute Gasteiger partial charge is 0.228 e. The highest BCUT2D eigenvalue weighted by Gasteiger charge is 2.23. The highest BCUT2D eigenvalue weighted by molar-refractivity contribution is 5.79. The van der Waals surface area contributed by atoms with E-state index >= 15 is 0 Å². The Bertz CT molecular complexity index is 940. The van der Waals surface area contributed by atoms with E-state index in [4.69, 9.17) is 0 Å². The van der Waals surface area contributed by atoms with Gasteiger partial charge in [-0.3, -0.25) is 9.69 Å². The number of fused-ring (bicyclic) bond motifs is 1. The quantitative estimate of drug-likeness (QED) is 0.717. The summed E-state index contributed by atoms with van der Waals surface area (Å²) in [6.07, 6.45) is 2.41. The van der Waals surface area contributed by atoms with Crippen molar-refractivity contribution in [3.8, 4) is 0 Å². The Morgan fingerprint density at radius 2 is 1.74 bits per heavy atom. The fourth-order valence-corrected chi connectivity index (χ4v) is 3.83. The topological polar surface area (TPSA) is 40.9 Å². The van der Waals surface area contributed by atoms with Crippen molar-refractivity contribution in [3.63, 3.8) is 0 Å². The highest BCUT2D eigenvalue weighted by Crippen LogP contribution is 2.17. The van der Waals surface area contributed by atoms with Crippen LogP contribution >= 0.6 is 0 Å². The Kier molecular flexibility index (Phi) is 4.94. The maximum Gasteiger partial charge on any atom is 0.228 e. The van der Waals surface area contributed by atoms with E-state index in [1.807, 2.05) is 30.2 Å². The maximum atomic E-state index is 12.9. The van der Waals surface area contributed by atoms with Gasteiger partial charge >= 0.3 is 0 Å². The molecule has 0 unspecified atom stereocenters. The van der Waals surface area contributed by atoms with E-state index < -0.39 is 0 Å². The predicted octanol–water partition coefficient (Wildman–Crippen LogP) is 2.84. The molecule has 3 heterocycles. The third kappa shape index (κ3) is 3.74. The fourth-order valence-electron chi connectivity index (χ4n) is 3.83. The van der Waals surface area contributed by atoms with Gasteiger partial charge in [-0.2, -0.15) is 0 Å². The molecule has 1 aliphatic rings. The zero-order valence-electron chi connectivity index (χ0n) is 16.1. The number of nitrogens with zero attached hydrogens (tertiary/aromatic N) is 4. The van der Waals surface area contributed by atoms with Crippen LogP contribution in [-0.4, -0.2) is 51.3 Å². The first-order valence-electron chi connectivity index (χ1n) is 9.59. The lowest BCUT2D eigenvalue weighted by molar-refractivity contribution is -0.132. The van der Waals surface area contributed by atoms with E-state index in [0.29, 0.717) is 6.42 Å². The average molecular weight is 362 g/mol. The van der Waals surface area contributed by atoms with Gasteiger partial charge in [0, 0.05) is 38.9 Å².